The highest BCUT2D eigenvalue weighted by atomic mass is 19.4. The summed E-state index contributed by atoms with van der Waals surface area (Å²) < 4.78 is 42.0. The van der Waals surface area contributed by atoms with E-state index >= 15 is 0 Å². The largest absolute Gasteiger partial charge is 0.469 e. The fraction of sp³-hybridized carbons (Fsp3) is 0.462. The van der Waals surface area contributed by atoms with E-state index in [1.807, 2.05) is 0 Å². The maximum absolute atomic E-state index is 12.6. The Balaban J connectivity index is 3.04. The van der Waals surface area contributed by atoms with Gasteiger partial charge in [-0.05, 0) is 23.3 Å². The van der Waals surface area contributed by atoms with E-state index in [1.54, 1.807) is 0 Å². The maximum atomic E-state index is 12.6. The van der Waals surface area contributed by atoms with Gasteiger partial charge in [-0.2, -0.15) is 13.2 Å². The van der Waals surface area contributed by atoms with Gasteiger partial charge >= 0.3 is 12.1 Å². The highest BCUT2D eigenvalue weighted by Crippen LogP contribution is 2.32. The Morgan fingerprint density at radius 3 is 2.43 bits per heavy atom. The second-order valence-corrected chi connectivity index (χ2v) is 4.36. The number of aliphatic hydroxyl groups is 3. The molecule has 0 amide bonds. The van der Waals surface area contributed by atoms with Gasteiger partial charge < -0.3 is 20.1 Å². The average molecular weight is 308 g/mol. The molecule has 0 aliphatic rings. The molecule has 8 heteroatoms. The van der Waals surface area contributed by atoms with Crippen LogP contribution >= 0.6 is 0 Å². The minimum Gasteiger partial charge on any atom is -0.469 e. The van der Waals surface area contributed by atoms with Crippen LogP contribution in [0.15, 0.2) is 18.2 Å². The quantitative estimate of drug-likeness (QED) is 0.711. The lowest BCUT2D eigenvalue weighted by Crippen LogP contribution is -2.23. The third-order valence-corrected chi connectivity index (χ3v) is 2.93. The van der Waals surface area contributed by atoms with E-state index in [0.29, 0.717) is 6.07 Å². The van der Waals surface area contributed by atoms with Crippen molar-refractivity contribution in [2.75, 3.05) is 7.11 Å². The van der Waals surface area contributed by atoms with Crippen molar-refractivity contribution in [2.24, 2.45) is 0 Å². The average Bonchev–Trinajstić information content (AvgIpc) is 2.44. The number of hydrogen-bond acceptors (Lipinski definition) is 5. The van der Waals surface area contributed by atoms with Crippen molar-refractivity contribution in [1.29, 1.82) is 0 Å². The van der Waals surface area contributed by atoms with Gasteiger partial charge in [0, 0.05) is 0 Å². The van der Waals surface area contributed by atoms with Crippen LogP contribution in [0.25, 0.3) is 0 Å². The first-order chi connectivity index (χ1) is 9.70. The Morgan fingerprint density at radius 2 is 1.95 bits per heavy atom. The summed E-state index contributed by atoms with van der Waals surface area (Å²) in [6.07, 6.45) is -8.28. The van der Waals surface area contributed by atoms with E-state index < -0.39 is 42.9 Å². The van der Waals surface area contributed by atoms with Gasteiger partial charge in [-0.15, -0.1) is 0 Å². The first kappa shape index (κ1) is 17.4. The molecule has 2 atom stereocenters. The SMILES string of the molecule is COC(=O)CC(O)C(O)c1ccc(C(F)(F)F)cc1CO. The predicted octanol–water partition coefficient (Wildman–Crippen LogP) is 1.16. The molecule has 1 aromatic rings. The van der Waals surface area contributed by atoms with Crippen molar-refractivity contribution < 1.29 is 38.0 Å². The Morgan fingerprint density at radius 1 is 1.33 bits per heavy atom. The van der Waals surface area contributed by atoms with Crippen LogP contribution in [0.1, 0.15) is 29.2 Å². The summed E-state index contributed by atoms with van der Waals surface area (Å²) in [7, 11) is 1.10. The molecule has 5 nitrogen and oxygen atoms in total. The lowest BCUT2D eigenvalue weighted by Gasteiger charge is -2.20. The number of ether oxygens (including phenoxy) is 1. The van der Waals surface area contributed by atoms with E-state index in [4.69, 9.17) is 5.11 Å². The minimum atomic E-state index is -4.59. The molecule has 0 spiro atoms. The zero-order chi connectivity index (χ0) is 16.2. The lowest BCUT2D eigenvalue weighted by atomic mass is 9.95. The number of esters is 1. The molecule has 0 saturated carbocycles. The van der Waals surface area contributed by atoms with Gasteiger partial charge in [-0.1, -0.05) is 6.07 Å². The number of hydrogen-bond donors (Lipinski definition) is 3. The first-order valence-corrected chi connectivity index (χ1v) is 5.94. The molecule has 0 heterocycles. The smallest absolute Gasteiger partial charge is 0.416 e. The van der Waals surface area contributed by atoms with E-state index in [9.17, 15) is 28.2 Å². The van der Waals surface area contributed by atoms with Crippen LogP contribution in [0, 0.1) is 0 Å². The molecular weight excluding hydrogens is 293 g/mol. The van der Waals surface area contributed by atoms with Crippen molar-refractivity contribution in [3.8, 4) is 0 Å². The Bertz CT molecular complexity index is 501. The van der Waals surface area contributed by atoms with Gasteiger partial charge in [0.05, 0.1) is 31.8 Å². The summed E-state index contributed by atoms with van der Waals surface area (Å²) in [5.74, 6) is -0.779. The molecular formula is C13H15F3O5. The maximum Gasteiger partial charge on any atom is 0.416 e. The van der Waals surface area contributed by atoms with Crippen molar-refractivity contribution in [3.05, 3.63) is 34.9 Å². The van der Waals surface area contributed by atoms with E-state index in [-0.39, 0.29) is 11.1 Å². The third-order valence-electron chi connectivity index (χ3n) is 2.93. The fourth-order valence-electron chi connectivity index (χ4n) is 1.78. The number of aliphatic hydroxyl groups excluding tert-OH is 3. The number of benzene rings is 1. The van der Waals surface area contributed by atoms with Gasteiger partial charge in [-0.25, -0.2) is 0 Å². The highest BCUT2D eigenvalue weighted by molar-refractivity contribution is 5.69. The number of methoxy groups -OCH3 is 1. The second-order valence-electron chi connectivity index (χ2n) is 4.36. The van der Waals surface area contributed by atoms with Gasteiger partial charge in [0.25, 0.3) is 0 Å². The van der Waals surface area contributed by atoms with Crippen molar-refractivity contribution in [3.63, 3.8) is 0 Å². The lowest BCUT2D eigenvalue weighted by molar-refractivity contribution is -0.144. The molecule has 0 radical (unpaired) electrons. The summed E-state index contributed by atoms with van der Waals surface area (Å²) >= 11 is 0. The van der Waals surface area contributed by atoms with E-state index in [0.717, 1.165) is 19.2 Å². The zero-order valence-electron chi connectivity index (χ0n) is 11.1. The molecule has 0 fully saturated rings. The van der Waals surface area contributed by atoms with Crippen molar-refractivity contribution in [2.45, 2.75) is 31.4 Å². The summed E-state index contributed by atoms with van der Waals surface area (Å²) in [5, 5.41) is 28.7. The van der Waals surface area contributed by atoms with Crippen LogP contribution in [0.3, 0.4) is 0 Å². The Labute approximate surface area is 118 Å². The van der Waals surface area contributed by atoms with Crippen LogP contribution in [0.5, 0.6) is 0 Å². The van der Waals surface area contributed by atoms with Crippen LogP contribution in [0.2, 0.25) is 0 Å². The third kappa shape index (κ3) is 4.42. The van der Waals surface area contributed by atoms with Crippen LogP contribution in [-0.4, -0.2) is 34.5 Å². The molecule has 3 N–H and O–H groups in total. The highest BCUT2D eigenvalue weighted by Gasteiger charge is 2.32. The van der Waals surface area contributed by atoms with E-state index in [1.165, 1.54) is 0 Å². The normalized spacial score (nSPS) is 14.6. The number of carbonyl (C=O) groups is 1. The second kappa shape index (κ2) is 6.88. The molecule has 0 aliphatic carbocycles. The fourth-order valence-corrected chi connectivity index (χ4v) is 1.78. The van der Waals surface area contributed by atoms with Gasteiger partial charge in [0.2, 0.25) is 0 Å². The van der Waals surface area contributed by atoms with Crippen LogP contribution in [-0.2, 0) is 22.3 Å². The summed E-state index contributed by atoms with van der Waals surface area (Å²) in [6.45, 7) is -0.749. The molecule has 2 unspecified atom stereocenters. The molecule has 118 valence electrons. The minimum absolute atomic E-state index is 0.0816. The number of rotatable bonds is 5. The monoisotopic (exact) mass is 308 g/mol. The van der Waals surface area contributed by atoms with E-state index in [2.05, 4.69) is 4.74 Å². The topological polar surface area (TPSA) is 87.0 Å². The summed E-state index contributed by atoms with van der Waals surface area (Å²) in [4.78, 5) is 11.0. The van der Waals surface area contributed by atoms with Gasteiger partial charge in [0.1, 0.15) is 6.10 Å². The van der Waals surface area contributed by atoms with Crippen LogP contribution in [0.4, 0.5) is 13.2 Å². The Hall–Kier alpha value is -1.64. The molecule has 0 bridgehead atoms. The molecule has 1 aromatic carbocycles. The predicted molar refractivity (Wildman–Crippen MR) is 65.0 cm³/mol. The van der Waals surface area contributed by atoms with Gasteiger partial charge in [0.15, 0.2) is 0 Å². The molecule has 0 aromatic heterocycles. The molecule has 21 heavy (non-hydrogen) atoms. The molecule has 0 saturated heterocycles. The Kier molecular flexibility index (Phi) is 5.70. The number of halogens is 3. The van der Waals surface area contributed by atoms with Gasteiger partial charge in [-0.3, -0.25) is 4.79 Å². The summed E-state index contributed by atoms with van der Waals surface area (Å²) in [5.41, 5.74) is -1.24. The van der Waals surface area contributed by atoms with Crippen LogP contribution < -0.4 is 0 Å². The molecule has 0 aliphatic heterocycles. The number of alkyl halides is 3. The van der Waals surface area contributed by atoms with Crippen molar-refractivity contribution >= 4 is 5.97 Å². The first-order valence-electron chi connectivity index (χ1n) is 5.94. The summed E-state index contributed by atoms with van der Waals surface area (Å²) in [6, 6.07) is 2.37. The number of carbonyl (C=O) groups excluding carboxylic acids is 1. The van der Waals surface area contributed by atoms with Crippen molar-refractivity contribution in [1.82, 2.24) is 0 Å². The zero-order valence-corrected chi connectivity index (χ0v) is 11.1. The molecule has 1 rings (SSSR count). The standard InChI is InChI=1S/C13H15F3O5/c1-21-11(19)5-10(18)12(20)9-3-2-8(13(14,15)16)4-7(9)6-17/h2-4,10,12,17-18,20H,5-6H2,1H3.